The molecule has 0 heterocycles. The number of benzene rings is 2. The first-order valence-corrected chi connectivity index (χ1v) is 10.0. The Labute approximate surface area is 178 Å². The second-order valence-electron chi connectivity index (χ2n) is 5.58. The van der Waals surface area contributed by atoms with E-state index in [0.717, 1.165) is 28.9 Å². The second-order valence-corrected chi connectivity index (χ2v) is 7.32. The fraction of sp³-hybridized carbons (Fsp3) is 0.263. The molecule has 0 bridgehead atoms. The highest BCUT2D eigenvalue weighted by atomic mass is 79.9. The van der Waals surface area contributed by atoms with Crippen LogP contribution in [-0.4, -0.2) is 30.7 Å². The highest BCUT2D eigenvalue weighted by molar-refractivity contribution is 9.10. The highest BCUT2D eigenvalue weighted by Crippen LogP contribution is 2.27. The number of hydrogen-bond acceptors (Lipinski definition) is 4. The molecule has 0 saturated heterocycles. The van der Waals surface area contributed by atoms with Crippen LogP contribution in [0.3, 0.4) is 0 Å². The maximum absolute atomic E-state index is 12.0. The Hall–Kier alpha value is -1.83. The van der Waals surface area contributed by atoms with Crippen molar-refractivity contribution in [2.24, 2.45) is 0 Å². The molecule has 8 heteroatoms. The molecule has 27 heavy (non-hydrogen) atoms. The minimum Gasteiger partial charge on any atom is -0.482 e. The Kier molecular flexibility index (Phi) is 8.34. The Balaban J connectivity index is 1.83. The second kappa shape index (κ2) is 10.5. The Morgan fingerprint density at radius 1 is 1.19 bits per heavy atom. The molecule has 0 unspecified atom stereocenters. The van der Waals surface area contributed by atoms with Gasteiger partial charge in [-0.15, -0.1) is 0 Å². The summed E-state index contributed by atoms with van der Waals surface area (Å²) in [7, 11) is 0. The first kappa shape index (κ1) is 21.5. The zero-order chi connectivity index (χ0) is 19.8. The molecule has 0 atom stereocenters. The molecule has 1 amide bonds. The topological polar surface area (TPSA) is 53.6 Å². The van der Waals surface area contributed by atoms with Gasteiger partial charge in [-0.1, -0.05) is 27.5 Å². The number of amides is 1. The third-order valence-electron chi connectivity index (χ3n) is 3.76. The lowest BCUT2D eigenvalue weighted by Crippen LogP contribution is -2.37. The van der Waals surface area contributed by atoms with Gasteiger partial charge in [-0.25, -0.2) is 0 Å². The van der Waals surface area contributed by atoms with Gasteiger partial charge in [0, 0.05) is 28.9 Å². The van der Waals surface area contributed by atoms with E-state index in [1.54, 1.807) is 18.2 Å². The van der Waals surface area contributed by atoms with Gasteiger partial charge in [-0.3, -0.25) is 10.1 Å². The van der Waals surface area contributed by atoms with E-state index in [4.69, 9.17) is 28.6 Å². The molecule has 2 aromatic rings. The fourth-order valence-electron chi connectivity index (χ4n) is 2.40. The molecule has 0 aromatic heterocycles. The summed E-state index contributed by atoms with van der Waals surface area (Å²) in [5.41, 5.74) is 1.94. The molecule has 0 spiro atoms. The van der Waals surface area contributed by atoms with Crippen LogP contribution < -0.4 is 20.3 Å². The summed E-state index contributed by atoms with van der Waals surface area (Å²) in [5, 5.41) is 6.20. The van der Waals surface area contributed by atoms with Crippen molar-refractivity contribution in [2.75, 3.05) is 29.9 Å². The Morgan fingerprint density at radius 3 is 2.44 bits per heavy atom. The predicted octanol–water partition coefficient (Wildman–Crippen LogP) is 4.84. The van der Waals surface area contributed by atoms with Gasteiger partial charge in [-0.2, -0.15) is 0 Å². The van der Waals surface area contributed by atoms with Crippen LogP contribution in [0.1, 0.15) is 13.8 Å². The zero-order valence-electron chi connectivity index (χ0n) is 15.1. The monoisotopic (exact) mass is 469 g/mol. The van der Waals surface area contributed by atoms with Crippen LogP contribution in [0.4, 0.5) is 11.4 Å². The molecule has 5 nitrogen and oxygen atoms in total. The minimum absolute atomic E-state index is 0.190. The van der Waals surface area contributed by atoms with Crippen molar-refractivity contribution in [3.05, 3.63) is 52.0 Å². The highest BCUT2D eigenvalue weighted by Gasteiger charge is 2.09. The summed E-state index contributed by atoms with van der Waals surface area (Å²) >= 11 is 14.5. The van der Waals surface area contributed by atoms with Crippen molar-refractivity contribution in [1.82, 2.24) is 5.32 Å². The molecule has 0 aliphatic rings. The number of rotatable bonds is 7. The molecule has 0 aliphatic carbocycles. The van der Waals surface area contributed by atoms with Crippen LogP contribution >= 0.6 is 39.7 Å². The number of ether oxygens (including phenoxy) is 1. The van der Waals surface area contributed by atoms with E-state index in [-0.39, 0.29) is 17.6 Å². The fourth-order valence-corrected chi connectivity index (χ4v) is 3.36. The van der Waals surface area contributed by atoms with Gasteiger partial charge in [0.1, 0.15) is 5.75 Å². The molecule has 2 aromatic carbocycles. The van der Waals surface area contributed by atoms with E-state index in [2.05, 4.69) is 45.3 Å². The summed E-state index contributed by atoms with van der Waals surface area (Å²) in [6.45, 7) is 5.93. The van der Waals surface area contributed by atoms with Gasteiger partial charge < -0.3 is 15.0 Å². The third kappa shape index (κ3) is 6.68. The normalized spacial score (nSPS) is 10.2. The standard InChI is InChI=1S/C19H21BrClN3O2S/c1-3-24(4-2)15-8-6-14(7-9-15)22-19(27)23-18(25)12-26-17-10-5-13(20)11-16(17)21/h5-11H,3-4,12H2,1-2H3,(H2,22,23,25,27). The van der Waals surface area contributed by atoms with Crippen LogP contribution in [0.2, 0.25) is 5.02 Å². The molecule has 0 fully saturated rings. The van der Waals surface area contributed by atoms with Crippen LogP contribution in [0.15, 0.2) is 46.9 Å². The number of halogens is 2. The molecule has 0 aliphatic heterocycles. The number of anilines is 2. The number of hydrogen-bond donors (Lipinski definition) is 2. The Morgan fingerprint density at radius 2 is 1.85 bits per heavy atom. The summed E-state index contributed by atoms with van der Waals surface area (Å²) in [6.07, 6.45) is 0. The maximum Gasteiger partial charge on any atom is 0.264 e. The van der Waals surface area contributed by atoms with Gasteiger partial charge in [0.2, 0.25) is 0 Å². The largest absolute Gasteiger partial charge is 0.482 e. The number of nitrogens with one attached hydrogen (secondary N) is 2. The van der Waals surface area contributed by atoms with Crippen molar-refractivity contribution in [3.8, 4) is 5.75 Å². The average Bonchev–Trinajstić information content (AvgIpc) is 2.63. The molecule has 144 valence electrons. The van der Waals surface area contributed by atoms with Crippen molar-refractivity contribution < 1.29 is 9.53 Å². The lowest BCUT2D eigenvalue weighted by molar-refractivity contribution is -0.121. The number of carbonyl (C=O) groups is 1. The zero-order valence-corrected chi connectivity index (χ0v) is 18.2. The smallest absolute Gasteiger partial charge is 0.264 e. The van der Waals surface area contributed by atoms with E-state index in [0.29, 0.717) is 10.8 Å². The first-order valence-electron chi connectivity index (χ1n) is 8.46. The molecular weight excluding hydrogens is 450 g/mol. The van der Waals surface area contributed by atoms with Gasteiger partial charge in [0.15, 0.2) is 11.7 Å². The van der Waals surface area contributed by atoms with Gasteiger partial charge >= 0.3 is 0 Å². The van der Waals surface area contributed by atoms with Crippen molar-refractivity contribution in [2.45, 2.75) is 13.8 Å². The summed E-state index contributed by atoms with van der Waals surface area (Å²) < 4.78 is 6.25. The number of nitrogens with zero attached hydrogens (tertiary/aromatic N) is 1. The van der Waals surface area contributed by atoms with Crippen molar-refractivity contribution in [3.63, 3.8) is 0 Å². The van der Waals surface area contributed by atoms with E-state index in [9.17, 15) is 4.79 Å². The van der Waals surface area contributed by atoms with Crippen molar-refractivity contribution >= 4 is 62.1 Å². The van der Waals surface area contributed by atoms with E-state index < -0.39 is 0 Å². The molecule has 2 N–H and O–H groups in total. The maximum atomic E-state index is 12.0. The summed E-state index contributed by atoms with van der Waals surface area (Å²) in [4.78, 5) is 14.2. The number of carbonyl (C=O) groups excluding carboxylic acids is 1. The third-order valence-corrected chi connectivity index (χ3v) is 4.75. The average molecular weight is 471 g/mol. The van der Waals surface area contributed by atoms with Gasteiger partial charge in [0.25, 0.3) is 5.91 Å². The predicted molar refractivity (Wildman–Crippen MR) is 119 cm³/mol. The summed E-state index contributed by atoms with van der Waals surface area (Å²) in [5.74, 6) is 0.0622. The summed E-state index contributed by atoms with van der Waals surface area (Å²) in [6, 6.07) is 13.0. The van der Waals surface area contributed by atoms with E-state index in [1.807, 2.05) is 24.3 Å². The minimum atomic E-state index is -0.369. The molecule has 0 saturated carbocycles. The number of thiocarbonyl (C=S) groups is 1. The quantitative estimate of drug-likeness (QED) is 0.567. The van der Waals surface area contributed by atoms with Crippen LogP contribution in [0, 0.1) is 0 Å². The van der Waals surface area contributed by atoms with Gasteiger partial charge in [0.05, 0.1) is 5.02 Å². The SMILES string of the molecule is CCN(CC)c1ccc(NC(=S)NC(=O)COc2ccc(Br)cc2Cl)cc1. The lowest BCUT2D eigenvalue weighted by Gasteiger charge is -2.21. The Bertz CT molecular complexity index is 798. The van der Waals surface area contributed by atoms with Crippen molar-refractivity contribution in [1.29, 1.82) is 0 Å². The van der Waals surface area contributed by atoms with Gasteiger partial charge in [-0.05, 0) is 68.5 Å². The first-order chi connectivity index (χ1) is 12.9. The molecular formula is C19H21BrClN3O2S. The van der Waals surface area contributed by atoms with Crippen LogP contribution in [-0.2, 0) is 4.79 Å². The molecule has 0 radical (unpaired) electrons. The van der Waals surface area contributed by atoms with Crippen LogP contribution in [0.5, 0.6) is 5.75 Å². The lowest BCUT2D eigenvalue weighted by atomic mass is 10.2. The van der Waals surface area contributed by atoms with Crippen LogP contribution in [0.25, 0.3) is 0 Å². The van der Waals surface area contributed by atoms with E-state index in [1.165, 1.54) is 0 Å². The van der Waals surface area contributed by atoms with E-state index >= 15 is 0 Å². The molecule has 2 rings (SSSR count).